The van der Waals surface area contributed by atoms with Crippen molar-refractivity contribution in [3.63, 3.8) is 0 Å². The van der Waals surface area contributed by atoms with E-state index >= 15 is 0 Å². The number of carbonyl (C=O) groups excluding carboxylic acids is 4. The second-order valence-corrected chi connectivity index (χ2v) is 12.5. The van der Waals surface area contributed by atoms with Gasteiger partial charge >= 0.3 is 6.09 Å². The number of ether oxygens (including phenoxy) is 1. The number of aliphatic hydroxyl groups is 2. The zero-order chi connectivity index (χ0) is 32.6. The van der Waals surface area contributed by atoms with E-state index in [1.165, 1.54) is 6.08 Å². The Labute approximate surface area is 255 Å². The van der Waals surface area contributed by atoms with Gasteiger partial charge in [-0.3, -0.25) is 14.4 Å². The normalized spacial score (nSPS) is 32.8. The van der Waals surface area contributed by atoms with Gasteiger partial charge in [-0.15, -0.1) is 0 Å². The van der Waals surface area contributed by atoms with Crippen molar-refractivity contribution in [1.29, 1.82) is 0 Å². The van der Waals surface area contributed by atoms with Gasteiger partial charge in [0.1, 0.15) is 6.10 Å². The minimum Gasteiger partial charge on any atom is -0.441 e. The Kier molecular flexibility index (Phi) is 13.3. The molecule has 11 heteroatoms. The third kappa shape index (κ3) is 10.1. The maximum atomic E-state index is 13.7. The van der Waals surface area contributed by atoms with Crippen LogP contribution in [0, 0.1) is 23.7 Å². The number of allylic oxidation sites excluding steroid dienone is 2. The average Bonchev–Trinajstić information content (AvgIpc) is 2.92. The Hall–Kier alpha value is -3.28. The molecule has 0 aromatic carbocycles. The number of rotatable bonds is 5. The number of fused-ring (bicyclic) bond motifs is 2. The number of nitrogens with two attached hydrogens (primary N) is 1. The molecule has 6 N–H and O–H groups in total. The first-order valence-electron chi connectivity index (χ1n) is 14.9. The number of carbonyl (C=O) groups is 4. The molecule has 7 unspecified atom stereocenters. The summed E-state index contributed by atoms with van der Waals surface area (Å²) in [5.41, 5.74) is 6.64. The topological polar surface area (TPSA) is 171 Å². The van der Waals surface area contributed by atoms with Gasteiger partial charge in [0.25, 0.3) is 5.91 Å². The van der Waals surface area contributed by atoms with E-state index in [1.54, 1.807) is 20.8 Å². The first kappa shape index (κ1) is 35.9. The second kappa shape index (κ2) is 16.0. The largest absolute Gasteiger partial charge is 0.441 e. The lowest BCUT2D eigenvalue weighted by atomic mass is 9.81. The maximum absolute atomic E-state index is 13.7. The number of ketones is 2. The highest BCUT2D eigenvalue weighted by molar-refractivity contribution is 6.23. The zero-order valence-electron chi connectivity index (χ0n) is 26.8. The maximum Gasteiger partial charge on any atom is 0.405 e. The molecule has 0 aromatic heterocycles. The fraction of sp³-hybridized carbons (Fsp3) is 0.625. The Morgan fingerprint density at radius 1 is 1.14 bits per heavy atom. The smallest absolute Gasteiger partial charge is 0.405 e. The number of nitrogens with one attached hydrogen (secondary N) is 2. The van der Waals surface area contributed by atoms with Crippen molar-refractivity contribution < 1.29 is 34.1 Å². The van der Waals surface area contributed by atoms with Gasteiger partial charge in [-0.2, -0.15) is 0 Å². The molecule has 11 nitrogen and oxygen atoms in total. The number of primary amides is 1. The van der Waals surface area contributed by atoms with Crippen LogP contribution in [0.15, 0.2) is 46.3 Å². The number of hydrogen-bond acceptors (Lipinski definition) is 9. The second-order valence-electron chi connectivity index (χ2n) is 12.5. The Balaban J connectivity index is 2.53. The molecular formula is C32H50N4O7. The average molecular weight is 603 g/mol. The van der Waals surface area contributed by atoms with E-state index in [0.717, 1.165) is 6.08 Å². The monoisotopic (exact) mass is 602 g/mol. The highest BCUT2D eigenvalue weighted by Gasteiger charge is 2.33. The van der Waals surface area contributed by atoms with Crippen LogP contribution in [-0.2, 0) is 19.1 Å². The molecule has 0 aromatic rings. The molecule has 1 aliphatic carbocycles. The summed E-state index contributed by atoms with van der Waals surface area (Å²) in [6.45, 7) is 11.9. The highest BCUT2D eigenvalue weighted by Crippen LogP contribution is 2.30. The number of hydrogen-bond donors (Lipinski definition) is 5. The standard InChI is InChI=1S/C32H50N4O7/c1-17-13-19(3)28(39)20(4)15-21(5)30(43-32(33)42)22(6)25(37)10-9-18(2)31(41)35-24-16-26(38)27(23(14-17)29(24)40)34-11-12-36(7)8/h9,15-17,19-20,22,25,28,30,34,37,39H,10-14H2,1-8H3,(H2,33,42)(H,35,41)/b18-9-,21-15-. The van der Waals surface area contributed by atoms with Gasteiger partial charge in [-0.25, -0.2) is 4.79 Å². The molecule has 1 aliphatic heterocycles. The fourth-order valence-corrected chi connectivity index (χ4v) is 5.68. The van der Waals surface area contributed by atoms with Crippen LogP contribution in [0.25, 0.3) is 0 Å². The lowest BCUT2D eigenvalue weighted by molar-refractivity contribution is -0.120. The van der Waals surface area contributed by atoms with Crippen LogP contribution < -0.4 is 16.4 Å². The number of likely N-dealkylation sites (N-methyl/N-ethyl adjacent to an activating group) is 1. The third-order valence-electron chi connectivity index (χ3n) is 8.23. The van der Waals surface area contributed by atoms with Crippen LogP contribution in [0.3, 0.4) is 0 Å². The summed E-state index contributed by atoms with van der Waals surface area (Å²) in [5, 5.41) is 27.9. The Morgan fingerprint density at radius 2 is 1.79 bits per heavy atom. The van der Waals surface area contributed by atoms with Gasteiger partial charge in [0.15, 0.2) is 0 Å². The predicted molar refractivity (Wildman–Crippen MR) is 164 cm³/mol. The molecule has 0 saturated heterocycles. The minimum atomic E-state index is -1.01. The van der Waals surface area contributed by atoms with Crippen LogP contribution in [0.2, 0.25) is 0 Å². The van der Waals surface area contributed by atoms with Crippen LogP contribution in [0.5, 0.6) is 0 Å². The van der Waals surface area contributed by atoms with Crippen molar-refractivity contribution in [2.75, 3.05) is 27.2 Å². The van der Waals surface area contributed by atoms with Gasteiger partial charge < -0.3 is 36.2 Å². The summed E-state index contributed by atoms with van der Waals surface area (Å²) in [4.78, 5) is 53.6. The summed E-state index contributed by atoms with van der Waals surface area (Å²) in [6.07, 6.45) is 1.77. The van der Waals surface area contributed by atoms with E-state index in [2.05, 4.69) is 10.6 Å². The van der Waals surface area contributed by atoms with Crippen molar-refractivity contribution in [3.8, 4) is 0 Å². The van der Waals surface area contributed by atoms with Crippen molar-refractivity contribution in [2.24, 2.45) is 29.4 Å². The Bertz CT molecular complexity index is 1190. The van der Waals surface area contributed by atoms with Gasteiger partial charge in [0.05, 0.1) is 23.6 Å². The van der Waals surface area contributed by atoms with E-state index in [1.807, 2.05) is 45.8 Å². The molecule has 2 rings (SSSR count). The summed E-state index contributed by atoms with van der Waals surface area (Å²) in [6, 6.07) is 0. The molecule has 0 saturated carbocycles. The van der Waals surface area contributed by atoms with E-state index in [9.17, 15) is 29.4 Å². The van der Waals surface area contributed by atoms with Crippen molar-refractivity contribution in [1.82, 2.24) is 15.5 Å². The highest BCUT2D eigenvalue weighted by atomic mass is 16.6. The number of aliphatic hydroxyl groups excluding tert-OH is 2. The molecule has 0 fully saturated rings. The summed E-state index contributed by atoms with van der Waals surface area (Å²) < 4.78 is 5.38. The summed E-state index contributed by atoms with van der Waals surface area (Å²) in [7, 11) is 3.82. The van der Waals surface area contributed by atoms with E-state index in [0.29, 0.717) is 30.7 Å². The molecule has 2 bridgehead atoms. The first-order chi connectivity index (χ1) is 20.0. The van der Waals surface area contributed by atoms with E-state index in [-0.39, 0.29) is 47.6 Å². The molecule has 0 radical (unpaired) electrons. The molecule has 2 amide bonds. The predicted octanol–water partition coefficient (Wildman–Crippen LogP) is 2.35. The van der Waals surface area contributed by atoms with Crippen LogP contribution in [0.4, 0.5) is 4.79 Å². The molecule has 1 heterocycles. The lowest BCUT2D eigenvalue weighted by Crippen LogP contribution is -2.37. The summed E-state index contributed by atoms with van der Waals surface area (Å²) in [5.74, 6) is -2.59. The van der Waals surface area contributed by atoms with Crippen LogP contribution >= 0.6 is 0 Å². The van der Waals surface area contributed by atoms with Gasteiger partial charge in [-0.1, -0.05) is 39.8 Å². The number of Topliss-reactive ketones (excluding diaryl/α,β-unsaturated/α-hetero) is 1. The summed E-state index contributed by atoms with van der Waals surface area (Å²) >= 11 is 0. The van der Waals surface area contributed by atoms with Crippen molar-refractivity contribution >= 4 is 23.6 Å². The van der Waals surface area contributed by atoms with Gasteiger partial charge in [-0.05, 0) is 64.6 Å². The molecule has 7 atom stereocenters. The van der Waals surface area contributed by atoms with Crippen molar-refractivity contribution in [3.05, 3.63) is 46.3 Å². The molecule has 0 spiro atoms. The lowest BCUT2D eigenvalue weighted by Gasteiger charge is -2.30. The van der Waals surface area contributed by atoms with E-state index < -0.39 is 47.8 Å². The van der Waals surface area contributed by atoms with Gasteiger partial charge in [0, 0.05) is 42.1 Å². The van der Waals surface area contributed by atoms with Crippen molar-refractivity contribution in [2.45, 2.75) is 79.1 Å². The third-order valence-corrected chi connectivity index (χ3v) is 8.23. The first-order valence-corrected chi connectivity index (χ1v) is 14.9. The molecular weight excluding hydrogens is 552 g/mol. The molecule has 240 valence electrons. The van der Waals surface area contributed by atoms with E-state index in [4.69, 9.17) is 10.5 Å². The SMILES string of the molecule is C/C1=C/CC(O)C(C)C(OC(N)=O)/C(C)=C\C(C)C(O)C(C)CC(C)CC2=C(NCCN(C)C)C(=O)C=C(NC1=O)C2=O. The van der Waals surface area contributed by atoms with Crippen LogP contribution in [0.1, 0.15) is 60.8 Å². The zero-order valence-corrected chi connectivity index (χ0v) is 26.8. The number of amides is 2. The minimum absolute atomic E-state index is 0.0517. The number of nitrogens with zero attached hydrogens (tertiary/aromatic N) is 1. The fourth-order valence-electron chi connectivity index (χ4n) is 5.68. The van der Waals surface area contributed by atoms with Crippen LogP contribution in [-0.4, -0.2) is 84.2 Å². The Morgan fingerprint density at radius 3 is 2.40 bits per heavy atom. The quantitative estimate of drug-likeness (QED) is 0.234. The molecule has 2 aliphatic rings. The molecule has 43 heavy (non-hydrogen) atoms. The van der Waals surface area contributed by atoms with Gasteiger partial charge in [0.2, 0.25) is 11.6 Å².